The smallest absolute Gasteiger partial charge is 0.260 e. The van der Waals surface area contributed by atoms with Crippen LogP contribution < -0.4 is 5.32 Å². The van der Waals surface area contributed by atoms with E-state index in [4.69, 9.17) is 0 Å². The van der Waals surface area contributed by atoms with Crippen molar-refractivity contribution >= 4 is 13.0 Å². The van der Waals surface area contributed by atoms with E-state index in [9.17, 15) is 14.6 Å². The molecule has 0 fully saturated rings. The van der Waals surface area contributed by atoms with E-state index in [0.717, 1.165) is 11.1 Å². The van der Waals surface area contributed by atoms with Crippen LogP contribution in [0.5, 0.6) is 0 Å². The van der Waals surface area contributed by atoms with Crippen molar-refractivity contribution < 1.29 is 14.6 Å². The second-order valence-corrected chi connectivity index (χ2v) is 8.56. The molecule has 2 N–H and O–H groups in total. The number of benzene rings is 1. The third-order valence-corrected chi connectivity index (χ3v) is 3.49. The second-order valence-electron chi connectivity index (χ2n) is 5.10. The minimum Gasteiger partial charge on any atom is -0.323 e. The number of hydrogen-bond donors (Lipinski definition) is 2. The fourth-order valence-corrected chi connectivity index (χ4v) is 2.13. The number of nitrogens with zero attached hydrogens (tertiary/aromatic N) is 1. The molecule has 1 rings (SSSR count). The van der Waals surface area contributed by atoms with E-state index >= 15 is 0 Å². The summed E-state index contributed by atoms with van der Waals surface area (Å²) >= 11 is 0. The van der Waals surface area contributed by atoms with Gasteiger partial charge in [-0.1, -0.05) is 57.5 Å². The van der Waals surface area contributed by atoms with Crippen molar-refractivity contribution in [2.45, 2.75) is 41.2 Å². The third kappa shape index (κ3) is 13.0. The average Bonchev–Trinajstić information content (AvgIpc) is 2.52. The second kappa shape index (κ2) is 13.3. The lowest BCUT2D eigenvalue weighted by atomic mass is 10.1. The number of carbonyl (C=O) groups is 1. The van der Waals surface area contributed by atoms with Gasteiger partial charge in [0.25, 0.3) is 5.91 Å². The topological polar surface area (TPSA) is 69.6 Å². The van der Waals surface area contributed by atoms with E-state index in [1.54, 1.807) is 13.3 Å². The van der Waals surface area contributed by atoms with Crippen LogP contribution in [0.15, 0.2) is 24.3 Å². The van der Waals surface area contributed by atoms with Crippen LogP contribution in [0, 0.1) is 6.92 Å². The Labute approximate surface area is 141 Å². The number of aryl methyl sites for hydroxylation is 1. The van der Waals surface area contributed by atoms with E-state index in [-0.39, 0.29) is 19.4 Å². The molecule has 0 saturated heterocycles. The maximum absolute atomic E-state index is 11.6. The van der Waals surface area contributed by atoms with Gasteiger partial charge in [-0.05, 0) is 25.8 Å². The molecule has 0 bridgehead atoms. The first-order valence-electron chi connectivity index (χ1n) is 8.07. The van der Waals surface area contributed by atoms with Crippen LogP contribution in [0.25, 0.3) is 0 Å². The maximum atomic E-state index is 11.6. The Kier molecular flexibility index (Phi) is 13.9. The molecule has 0 radical (unpaired) electrons. The lowest BCUT2D eigenvalue weighted by Crippen LogP contribution is -2.35. The van der Waals surface area contributed by atoms with Gasteiger partial charge in [-0.3, -0.25) is 10.0 Å². The molecule has 23 heavy (non-hydrogen) atoms. The van der Waals surface area contributed by atoms with Crippen molar-refractivity contribution in [3.05, 3.63) is 35.4 Å². The zero-order valence-corrected chi connectivity index (χ0v) is 16.5. The highest BCUT2D eigenvalue weighted by Crippen LogP contribution is 2.33. The van der Waals surface area contributed by atoms with Crippen LogP contribution in [0.3, 0.4) is 0 Å². The fraction of sp³-hybridized carbons (Fsp3) is 0.588. The largest absolute Gasteiger partial charge is 0.323 e. The Balaban J connectivity index is 0. The molecule has 0 atom stereocenters. The van der Waals surface area contributed by atoms with Gasteiger partial charge in [0, 0.05) is 6.29 Å². The maximum Gasteiger partial charge on any atom is 0.260 e. The number of nitrogens with one attached hydrogen (secondary N) is 1. The van der Waals surface area contributed by atoms with Gasteiger partial charge in [-0.2, -0.15) is 0 Å². The van der Waals surface area contributed by atoms with E-state index in [1.807, 2.05) is 58.9 Å². The van der Waals surface area contributed by atoms with Crippen molar-refractivity contribution in [3.8, 4) is 0 Å². The van der Waals surface area contributed by atoms with Gasteiger partial charge >= 0.3 is 0 Å². The molecule has 134 valence electrons. The highest BCUT2D eigenvalue weighted by molar-refractivity contribution is 7.62. The summed E-state index contributed by atoms with van der Waals surface area (Å²) in [6.45, 7) is 13.4. The van der Waals surface area contributed by atoms with Crippen molar-refractivity contribution in [2.75, 3.05) is 26.2 Å². The molecule has 1 amide bonds. The van der Waals surface area contributed by atoms with Gasteiger partial charge in [0.15, 0.2) is 0 Å². The molecular formula is C17H33N2O3P. The Bertz CT molecular complexity index is 469. The Morgan fingerprint density at radius 2 is 1.61 bits per heavy atom. The predicted octanol–water partition coefficient (Wildman–Crippen LogP) is 3.94. The third-order valence-electron chi connectivity index (χ3n) is 2.51. The molecule has 1 aromatic rings. The summed E-state index contributed by atoms with van der Waals surface area (Å²) in [5.74, 6) is -0.436. The van der Waals surface area contributed by atoms with Gasteiger partial charge in [-0.25, -0.2) is 5.06 Å². The quantitative estimate of drug-likeness (QED) is 0.466. The molecule has 0 spiro atoms. The molecule has 0 heterocycles. The van der Waals surface area contributed by atoms with Crippen molar-refractivity contribution in [1.29, 1.82) is 0 Å². The highest BCUT2D eigenvalue weighted by atomic mass is 31.2. The summed E-state index contributed by atoms with van der Waals surface area (Å²) in [6.07, 6.45) is 0.289. The van der Waals surface area contributed by atoms with E-state index < -0.39 is 13.0 Å². The van der Waals surface area contributed by atoms with Gasteiger partial charge in [0.2, 0.25) is 0 Å². The van der Waals surface area contributed by atoms with Crippen LogP contribution in [-0.2, 0) is 15.9 Å². The SMILES string of the molecule is CC.CC.Cc1ccc(CN(O)C(=O)CNCP(C)(C)=O)cc1. The van der Waals surface area contributed by atoms with Crippen LogP contribution >= 0.6 is 7.14 Å². The first kappa shape index (κ1) is 24.1. The normalized spacial score (nSPS) is 9.91. The van der Waals surface area contributed by atoms with Crippen molar-refractivity contribution in [1.82, 2.24) is 10.4 Å². The van der Waals surface area contributed by atoms with Gasteiger partial charge in [0.1, 0.15) is 0 Å². The minimum atomic E-state index is -2.19. The molecule has 0 unspecified atom stereocenters. The molecule has 0 aromatic heterocycles. The zero-order valence-electron chi connectivity index (χ0n) is 15.6. The summed E-state index contributed by atoms with van der Waals surface area (Å²) in [5, 5.41) is 13.1. The first-order chi connectivity index (χ1) is 10.8. The number of carbonyl (C=O) groups excluding carboxylic acids is 1. The summed E-state index contributed by atoms with van der Waals surface area (Å²) in [6, 6.07) is 7.59. The van der Waals surface area contributed by atoms with Crippen LogP contribution in [0.1, 0.15) is 38.8 Å². The van der Waals surface area contributed by atoms with E-state index in [2.05, 4.69) is 5.32 Å². The van der Waals surface area contributed by atoms with Crippen LogP contribution in [0.2, 0.25) is 0 Å². The van der Waals surface area contributed by atoms with Gasteiger partial charge < -0.3 is 9.88 Å². The lowest BCUT2D eigenvalue weighted by molar-refractivity contribution is -0.166. The van der Waals surface area contributed by atoms with Crippen molar-refractivity contribution in [2.24, 2.45) is 0 Å². The van der Waals surface area contributed by atoms with Gasteiger partial charge in [-0.15, -0.1) is 0 Å². The summed E-state index contributed by atoms with van der Waals surface area (Å²) in [5.41, 5.74) is 1.99. The lowest BCUT2D eigenvalue weighted by Gasteiger charge is -2.16. The number of rotatable bonds is 6. The summed E-state index contributed by atoms with van der Waals surface area (Å²) in [4.78, 5) is 11.6. The Morgan fingerprint density at radius 3 is 2.04 bits per heavy atom. The Hall–Kier alpha value is -1.16. The molecule has 0 aliphatic rings. The molecule has 0 aliphatic carbocycles. The van der Waals surface area contributed by atoms with Crippen LogP contribution in [-0.4, -0.2) is 42.3 Å². The number of hydrogen-bond acceptors (Lipinski definition) is 4. The fourth-order valence-electron chi connectivity index (χ4n) is 1.48. The minimum absolute atomic E-state index is 0.0198. The molecule has 0 aliphatic heterocycles. The summed E-state index contributed by atoms with van der Waals surface area (Å²) in [7, 11) is -2.19. The molecule has 0 saturated carbocycles. The van der Waals surface area contributed by atoms with Gasteiger partial charge in [0.05, 0.1) is 20.2 Å². The molecule has 1 aromatic carbocycles. The molecular weight excluding hydrogens is 311 g/mol. The molecule has 5 nitrogen and oxygen atoms in total. The highest BCUT2D eigenvalue weighted by Gasteiger charge is 2.13. The molecule has 6 heteroatoms. The first-order valence-corrected chi connectivity index (χ1v) is 10.9. The van der Waals surface area contributed by atoms with Crippen LogP contribution in [0.4, 0.5) is 0 Å². The van der Waals surface area contributed by atoms with Crippen molar-refractivity contribution in [3.63, 3.8) is 0 Å². The predicted molar refractivity (Wildman–Crippen MR) is 98.5 cm³/mol. The van der Waals surface area contributed by atoms with E-state index in [0.29, 0.717) is 5.06 Å². The van der Waals surface area contributed by atoms with E-state index in [1.165, 1.54) is 0 Å². The summed E-state index contributed by atoms with van der Waals surface area (Å²) < 4.78 is 11.4. The standard InChI is InChI=1S/C13H21N2O3P.2C2H6/c1-11-4-6-12(7-5-11)9-15(17)13(16)8-14-10-19(2,3)18;2*1-2/h4-7,14,17H,8-10H2,1-3H3;2*1-2H3. The Morgan fingerprint density at radius 1 is 1.13 bits per heavy atom. The number of amides is 1. The monoisotopic (exact) mass is 344 g/mol. The number of hydroxylamine groups is 2. The average molecular weight is 344 g/mol. The zero-order chi connectivity index (χ0) is 18.5.